The minimum atomic E-state index is -0.393. The van der Waals surface area contributed by atoms with E-state index in [2.05, 4.69) is 5.32 Å². The topological polar surface area (TPSA) is 86.3 Å². The van der Waals surface area contributed by atoms with E-state index in [4.69, 9.17) is 22.7 Å². The van der Waals surface area contributed by atoms with Gasteiger partial charge in [-0.1, -0.05) is 41.7 Å². The molecule has 0 fully saturated rings. The molecule has 3 N–H and O–H groups in total. The number of thiazole rings is 1. The van der Waals surface area contributed by atoms with Gasteiger partial charge in [0.25, 0.3) is 5.91 Å². The van der Waals surface area contributed by atoms with Crippen LogP contribution in [0.2, 0.25) is 0 Å². The van der Waals surface area contributed by atoms with Gasteiger partial charge in [0.2, 0.25) is 0 Å². The van der Waals surface area contributed by atoms with Crippen LogP contribution in [-0.4, -0.2) is 23.1 Å². The van der Waals surface area contributed by atoms with E-state index >= 15 is 0 Å². The number of carbonyl (C=O) groups excluding carboxylic acids is 2. The van der Waals surface area contributed by atoms with Crippen LogP contribution < -0.4 is 11.1 Å². The third kappa shape index (κ3) is 4.55. The van der Waals surface area contributed by atoms with Gasteiger partial charge in [-0.15, -0.1) is 0 Å². The van der Waals surface area contributed by atoms with Crippen LogP contribution in [-0.2, 0) is 4.74 Å². The number of hydrogen-bond acceptors (Lipinski definition) is 6. The van der Waals surface area contributed by atoms with Crippen molar-refractivity contribution >= 4 is 41.2 Å². The zero-order valence-electron chi connectivity index (χ0n) is 16.0. The summed E-state index contributed by atoms with van der Waals surface area (Å²) >= 11 is 6.57. The van der Waals surface area contributed by atoms with Crippen LogP contribution >= 0.6 is 23.6 Å². The molecule has 0 saturated heterocycles. The zero-order chi connectivity index (χ0) is 21.0. The van der Waals surface area contributed by atoms with Crippen LogP contribution in [0.3, 0.4) is 0 Å². The number of benzene rings is 2. The molecule has 3 aromatic rings. The Bertz CT molecular complexity index is 1070. The Hall–Kier alpha value is -2.97. The first kappa shape index (κ1) is 20.8. The van der Waals surface area contributed by atoms with Crippen LogP contribution in [0, 0.1) is 3.95 Å². The molecule has 1 atom stereocenters. The Labute approximate surface area is 177 Å². The van der Waals surface area contributed by atoms with Crippen LogP contribution in [0.25, 0.3) is 5.69 Å². The monoisotopic (exact) mass is 427 g/mol. The molecule has 150 valence electrons. The van der Waals surface area contributed by atoms with E-state index in [9.17, 15) is 9.59 Å². The number of nitrogens with zero attached hydrogens (tertiary/aromatic N) is 1. The standard InChI is InChI=1S/C21H21N3O3S2/c1-3-27-20(26)15-9-11-16(12-10-15)24-18(22)17(29-21(24)28)19(25)23-13(2)14-7-5-4-6-8-14/h4-13H,3,22H2,1-2H3,(H,23,25)/t13-/m0/s1. The van der Waals surface area contributed by atoms with Crippen molar-refractivity contribution in [2.75, 3.05) is 12.3 Å². The molecule has 1 heterocycles. The maximum absolute atomic E-state index is 12.8. The minimum absolute atomic E-state index is 0.170. The summed E-state index contributed by atoms with van der Waals surface area (Å²) in [6.45, 7) is 3.97. The maximum atomic E-state index is 12.8. The highest BCUT2D eigenvalue weighted by Gasteiger charge is 2.20. The first-order valence-electron chi connectivity index (χ1n) is 9.07. The number of esters is 1. The van der Waals surface area contributed by atoms with Crippen molar-refractivity contribution < 1.29 is 14.3 Å². The second-order valence-corrected chi connectivity index (χ2v) is 7.94. The van der Waals surface area contributed by atoms with Crippen LogP contribution in [0.4, 0.5) is 5.82 Å². The van der Waals surface area contributed by atoms with E-state index < -0.39 is 5.97 Å². The first-order chi connectivity index (χ1) is 13.9. The number of nitrogen functional groups attached to an aromatic ring is 1. The van der Waals surface area contributed by atoms with Crippen molar-refractivity contribution in [2.45, 2.75) is 19.9 Å². The van der Waals surface area contributed by atoms with Crippen molar-refractivity contribution in [3.8, 4) is 5.69 Å². The van der Waals surface area contributed by atoms with Crippen molar-refractivity contribution in [3.05, 3.63) is 74.6 Å². The molecule has 0 bridgehead atoms. The molecule has 3 rings (SSSR count). The Balaban J connectivity index is 1.84. The lowest BCUT2D eigenvalue weighted by Gasteiger charge is -2.14. The summed E-state index contributed by atoms with van der Waals surface area (Å²) in [6, 6.07) is 16.2. The highest BCUT2D eigenvalue weighted by atomic mass is 32.1. The number of amides is 1. The number of aromatic nitrogens is 1. The van der Waals surface area contributed by atoms with E-state index in [1.165, 1.54) is 0 Å². The summed E-state index contributed by atoms with van der Waals surface area (Å²) < 4.78 is 7.06. The molecular weight excluding hydrogens is 406 g/mol. The summed E-state index contributed by atoms with van der Waals surface area (Å²) in [5.41, 5.74) is 8.36. The van der Waals surface area contributed by atoms with Crippen molar-refractivity contribution in [1.82, 2.24) is 9.88 Å². The number of carbonyl (C=O) groups is 2. The molecule has 0 radical (unpaired) electrons. The third-order valence-corrected chi connectivity index (χ3v) is 5.72. The Kier molecular flexibility index (Phi) is 6.46. The predicted molar refractivity (Wildman–Crippen MR) is 117 cm³/mol. The zero-order valence-corrected chi connectivity index (χ0v) is 17.7. The molecule has 2 aromatic carbocycles. The van der Waals surface area contributed by atoms with Gasteiger partial charge in [0.05, 0.1) is 18.2 Å². The Morgan fingerprint density at radius 3 is 2.45 bits per heavy atom. The lowest BCUT2D eigenvalue weighted by Crippen LogP contribution is -2.26. The van der Waals surface area contributed by atoms with E-state index in [1.54, 1.807) is 35.8 Å². The number of nitrogens with two attached hydrogens (primary N) is 1. The second-order valence-electron chi connectivity index (χ2n) is 6.29. The smallest absolute Gasteiger partial charge is 0.338 e. The summed E-state index contributed by atoms with van der Waals surface area (Å²) in [5, 5.41) is 2.95. The number of hydrogen-bond donors (Lipinski definition) is 2. The van der Waals surface area contributed by atoms with E-state index in [0.29, 0.717) is 26.7 Å². The average molecular weight is 428 g/mol. The maximum Gasteiger partial charge on any atom is 0.338 e. The van der Waals surface area contributed by atoms with E-state index in [-0.39, 0.29) is 17.8 Å². The quantitative estimate of drug-likeness (QED) is 0.446. The molecule has 0 aliphatic rings. The number of ether oxygens (including phenoxy) is 1. The van der Waals surface area contributed by atoms with Gasteiger partial charge in [-0.25, -0.2) is 4.79 Å². The SMILES string of the molecule is CCOC(=O)c1ccc(-n2c(N)c(C(=O)N[C@@H](C)c3ccccc3)sc2=S)cc1. The van der Waals surface area contributed by atoms with E-state index in [0.717, 1.165) is 16.9 Å². The fourth-order valence-corrected chi connectivity index (χ4v) is 4.11. The van der Waals surface area contributed by atoms with Gasteiger partial charge in [0, 0.05) is 5.69 Å². The summed E-state index contributed by atoms with van der Waals surface area (Å²) in [5.74, 6) is -0.408. The lowest BCUT2D eigenvalue weighted by molar-refractivity contribution is 0.0526. The molecule has 29 heavy (non-hydrogen) atoms. The molecule has 0 aliphatic carbocycles. The van der Waals surface area contributed by atoms with Crippen LogP contribution in [0.1, 0.15) is 45.5 Å². The van der Waals surface area contributed by atoms with Gasteiger partial charge in [-0.05, 0) is 55.9 Å². The van der Waals surface area contributed by atoms with Crippen LogP contribution in [0.15, 0.2) is 54.6 Å². The molecule has 0 unspecified atom stereocenters. The van der Waals surface area contributed by atoms with Gasteiger partial charge in [0.15, 0.2) is 3.95 Å². The number of nitrogens with one attached hydrogen (secondary N) is 1. The Morgan fingerprint density at radius 1 is 1.17 bits per heavy atom. The largest absolute Gasteiger partial charge is 0.462 e. The lowest BCUT2D eigenvalue weighted by atomic mass is 10.1. The fraction of sp³-hybridized carbons (Fsp3) is 0.190. The van der Waals surface area contributed by atoms with Gasteiger partial charge in [0.1, 0.15) is 10.7 Å². The molecule has 0 spiro atoms. The molecule has 6 nitrogen and oxygen atoms in total. The summed E-state index contributed by atoms with van der Waals surface area (Å²) in [6.07, 6.45) is 0. The number of rotatable bonds is 6. The molecule has 0 aliphatic heterocycles. The van der Waals surface area contributed by atoms with Gasteiger partial charge in [-0.3, -0.25) is 9.36 Å². The third-order valence-electron chi connectivity index (χ3n) is 4.34. The van der Waals surface area contributed by atoms with Gasteiger partial charge >= 0.3 is 5.97 Å². The van der Waals surface area contributed by atoms with Gasteiger partial charge in [-0.2, -0.15) is 0 Å². The van der Waals surface area contributed by atoms with E-state index in [1.807, 2.05) is 37.3 Å². The molecule has 0 saturated carbocycles. The summed E-state index contributed by atoms with van der Waals surface area (Å²) in [4.78, 5) is 24.9. The average Bonchev–Trinajstić information content (AvgIpc) is 3.03. The second kappa shape index (κ2) is 9.02. The first-order valence-corrected chi connectivity index (χ1v) is 10.3. The van der Waals surface area contributed by atoms with Gasteiger partial charge < -0.3 is 15.8 Å². The Morgan fingerprint density at radius 2 is 1.83 bits per heavy atom. The summed E-state index contributed by atoms with van der Waals surface area (Å²) in [7, 11) is 0. The predicted octanol–water partition coefficient (Wildman–Crippen LogP) is 4.52. The molecule has 8 heteroatoms. The van der Waals surface area contributed by atoms with Crippen LogP contribution in [0.5, 0.6) is 0 Å². The molecular formula is C21H21N3O3S2. The van der Waals surface area contributed by atoms with Crippen molar-refractivity contribution in [1.29, 1.82) is 0 Å². The fourth-order valence-electron chi connectivity index (χ4n) is 2.84. The normalized spacial score (nSPS) is 11.7. The highest BCUT2D eigenvalue weighted by Crippen LogP contribution is 2.27. The number of anilines is 1. The van der Waals surface area contributed by atoms with Crippen molar-refractivity contribution in [2.24, 2.45) is 0 Å². The minimum Gasteiger partial charge on any atom is -0.462 e. The molecule has 1 amide bonds. The molecule has 1 aromatic heterocycles. The van der Waals surface area contributed by atoms with Crippen molar-refractivity contribution in [3.63, 3.8) is 0 Å². The highest BCUT2D eigenvalue weighted by molar-refractivity contribution is 7.73.